The van der Waals surface area contributed by atoms with Gasteiger partial charge in [-0.15, -0.1) is 11.3 Å². The number of nitrogens with two attached hydrogens (primary N) is 1. The van der Waals surface area contributed by atoms with Crippen LogP contribution in [0.15, 0.2) is 12.1 Å². The first-order chi connectivity index (χ1) is 7.25. The normalized spacial score (nSPS) is 20.4. The van der Waals surface area contributed by atoms with Gasteiger partial charge in [0.25, 0.3) is 0 Å². The summed E-state index contributed by atoms with van der Waals surface area (Å²) in [5.74, 6) is 0.727. The third-order valence-electron chi connectivity index (χ3n) is 2.83. The molecule has 84 valence electrons. The Morgan fingerprint density at radius 2 is 2.20 bits per heavy atom. The fourth-order valence-electron chi connectivity index (χ4n) is 2.02. The Balaban J connectivity index is 1.99. The van der Waals surface area contributed by atoms with Gasteiger partial charge in [0.05, 0.1) is 0 Å². The van der Waals surface area contributed by atoms with Gasteiger partial charge in [-0.25, -0.2) is 0 Å². The highest BCUT2D eigenvalue weighted by atomic mass is 32.1. The minimum absolute atomic E-state index is 0.270. The molecule has 1 unspecified atom stereocenters. The zero-order valence-corrected chi connectivity index (χ0v) is 10.1. The first kappa shape index (κ1) is 11.1. The average molecular weight is 225 g/mol. The van der Waals surface area contributed by atoms with Gasteiger partial charge >= 0.3 is 0 Å². The maximum Gasteiger partial charge on any atom is 0.0472 e. The monoisotopic (exact) mass is 225 g/mol. The van der Waals surface area contributed by atoms with Gasteiger partial charge in [0.15, 0.2) is 0 Å². The first-order valence-corrected chi connectivity index (χ1v) is 6.49. The van der Waals surface area contributed by atoms with Gasteiger partial charge in [0, 0.05) is 29.0 Å². The van der Waals surface area contributed by atoms with Crippen LogP contribution in [0.3, 0.4) is 0 Å². The summed E-state index contributed by atoms with van der Waals surface area (Å²) in [6.45, 7) is 3.91. The molecule has 1 fully saturated rings. The summed E-state index contributed by atoms with van der Waals surface area (Å²) in [5.41, 5.74) is 5.80. The number of hydrogen-bond donors (Lipinski definition) is 1. The van der Waals surface area contributed by atoms with Crippen molar-refractivity contribution in [3.63, 3.8) is 0 Å². The molecule has 1 saturated heterocycles. The molecular formula is C12H19NOS. The average Bonchev–Trinajstić information content (AvgIpc) is 2.67. The summed E-state index contributed by atoms with van der Waals surface area (Å²) >= 11 is 1.93. The quantitative estimate of drug-likeness (QED) is 0.858. The smallest absolute Gasteiger partial charge is 0.0472 e. The molecule has 0 aliphatic carbocycles. The van der Waals surface area contributed by atoms with Gasteiger partial charge in [-0.3, -0.25) is 0 Å². The second-order valence-electron chi connectivity index (χ2n) is 4.37. The number of ether oxygens (including phenoxy) is 1. The van der Waals surface area contributed by atoms with Crippen LogP contribution in [0, 0.1) is 0 Å². The molecule has 0 spiro atoms. The van der Waals surface area contributed by atoms with E-state index in [1.807, 2.05) is 11.3 Å². The largest absolute Gasteiger partial charge is 0.381 e. The molecule has 1 aromatic rings. The lowest BCUT2D eigenvalue weighted by molar-refractivity contribution is 0.0860. The van der Waals surface area contributed by atoms with Crippen molar-refractivity contribution in [1.29, 1.82) is 0 Å². The molecule has 2 rings (SSSR count). The van der Waals surface area contributed by atoms with Gasteiger partial charge in [0.1, 0.15) is 0 Å². The van der Waals surface area contributed by atoms with E-state index in [0.29, 0.717) is 0 Å². The summed E-state index contributed by atoms with van der Waals surface area (Å²) in [7, 11) is 0. The fourth-order valence-corrected chi connectivity index (χ4v) is 3.35. The lowest BCUT2D eigenvalue weighted by atomic mass is 9.99. The van der Waals surface area contributed by atoms with Gasteiger partial charge in [0.2, 0.25) is 0 Å². The van der Waals surface area contributed by atoms with Crippen LogP contribution in [0.25, 0.3) is 0 Å². The predicted molar refractivity (Wildman–Crippen MR) is 64.5 cm³/mol. The molecule has 2 N–H and O–H groups in total. The Kier molecular flexibility index (Phi) is 3.78. The molecule has 0 aromatic carbocycles. The van der Waals surface area contributed by atoms with E-state index in [2.05, 4.69) is 19.1 Å². The van der Waals surface area contributed by atoms with E-state index in [9.17, 15) is 0 Å². The van der Waals surface area contributed by atoms with Crippen molar-refractivity contribution in [2.45, 2.75) is 38.1 Å². The SMILES string of the molecule is CC(N)Cc1ccc(C2CCOCC2)s1. The van der Waals surface area contributed by atoms with Crippen molar-refractivity contribution in [2.75, 3.05) is 13.2 Å². The summed E-state index contributed by atoms with van der Waals surface area (Å²) < 4.78 is 5.38. The molecule has 1 aromatic heterocycles. The number of thiophene rings is 1. The molecule has 2 nitrogen and oxygen atoms in total. The van der Waals surface area contributed by atoms with E-state index in [1.165, 1.54) is 22.6 Å². The van der Waals surface area contributed by atoms with E-state index in [4.69, 9.17) is 10.5 Å². The van der Waals surface area contributed by atoms with Gasteiger partial charge in [-0.2, -0.15) is 0 Å². The zero-order valence-electron chi connectivity index (χ0n) is 9.24. The van der Waals surface area contributed by atoms with Crippen LogP contribution in [-0.4, -0.2) is 19.3 Å². The van der Waals surface area contributed by atoms with Crippen molar-refractivity contribution in [1.82, 2.24) is 0 Å². The van der Waals surface area contributed by atoms with Gasteiger partial charge in [-0.1, -0.05) is 0 Å². The highest BCUT2D eigenvalue weighted by molar-refractivity contribution is 7.12. The first-order valence-electron chi connectivity index (χ1n) is 5.67. The molecule has 0 saturated carbocycles. The predicted octanol–water partition coefficient (Wildman–Crippen LogP) is 2.53. The third-order valence-corrected chi connectivity index (χ3v) is 4.10. The Hall–Kier alpha value is -0.380. The highest BCUT2D eigenvalue weighted by Crippen LogP contribution is 2.32. The Morgan fingerprint density at radius 1 is 1.47 bits per heavy atom. The van der Waals surface area contributed by atoms with Crippen LogP contribution in [0.4, 0.5) is 0 Å². The van der Waals surface area contributed by atoms with Crippen molar-refractivity contribution in [3.8, 4) is 0 Å². The van der Waals surface area contributed by atoms with Crippen molar-refractivity contribution >= 4 is 11.3 Å². The molecule has 1 aliphatic heterocycles. The van der Waals surface area contributed by atoms with Crippen molar-refractivity contribution in [2.24, 2.45) is 5.73 Å². The molecular weight excluding hydrogens is 206 g/mol. The van der Waals surface area contributed by atoms with E-state index in [0.717, 1.165) is 25.6 Å². The highest BCUT2D eigenvalue weighted by Gasteiger charge is 2.17. The summed E-state index contributed by atoms with van der Waals surface area (Å²) in [4.78, 5) is 2.94. The Morgan fingerprint density at radius 3 is 2.87 bits per heavy atom. The molecule has 1 atom stereocenters. The summed E-state index contributed by atoms with van der Waals surface area (Å²) in [6.07, 6.45) is 3.37. The molecule has 15 heavy (non-hydrogen) atoms. The van der Waals surface area contributed by atoms with Crippen LogP contribution < -0.4 is 5.73 Å². The Labute approximate surface area is 95.4 Å². The van der Waals surface area contributed by atoms with E-state index >= 15 is 0 Å². The number of hydrogen-bond acceptors (Lipinski definition) is 3. The zero-order chi connectivity index (χ0) is 10.7. The van der Waals surface area contributed by atoms with Gasteiger partial charge in [-0.05, 0) is 44.2 Å². The third kappa shape index (κ3) is 3.03. The van der Waals surface area contributed by atoms with Crippen LogP contribution in [0.5, 0.6) is 0 Å². The lowest BCUT2D eigenvalue weighted by Gasteiger charge is -2.20. The minimum Gasteiger partial charge on any atom is -0.381 e. The second kappa shape index (κ2) is 5.10. The van der Waals surface area contributed by atoms with Gasteiger partial charge < -0.3 is 10.5 Å². The molecule has 2 heterocycles. The molecule has 3 heteroatoms. The molecule has 0 bridgehead atoms. The van der Waals surface area contributed by atoms with Crippen LogP contribution >= 0.6 is 11.3 Å². The molecule has 1 aliphatic rings. The summed E-state index contributed by atoms with van der Waals surface area (Å²) in [6, 6.07) is 4.78. The van der Waals surface area contributed by atoms with Crippen LogP contribution in [0.2, 0.25) is 0 Å². The standard InChI is InChI=1S/C12H19NOS/c1-9(13)8-11-2-3-12(15-11)10-4-6-14-7-5-10/h2-3,9-10H,4-8,13H2,1H3. The minimum atomic E-state index is 0.270. The van der Waals surface area contributed by atoms with Crippen LogP contribution in [-0.2, 0) is 11.2 Å². The number of rotatable bonds is 3. The topological polar surface area (TPSA) is 35.2 Å². The van der Waals surface area contributed by atoms with Crippen molar-refractivity contribution < 1.29 is 4.74 Å². The van der Waals surface area contributed by atoms with Crippen LogP contribution in [0.1, 0.15) is 35.4 Å². The molecule has 0 amide bonds. The lowest BCUT2D eigenvalue weighted by Crippen LogP contribution is -2.16. The Bertz CT molecular complexity index is 302. The van der Waals surface area contributed by atoms with E-state index < -0.39 is 0 Å². The maximum atomic E-state index is 5.80. The second-order valence-corrected chi connectivity index (χ2v) is 5.57. The summed E-state index contributed by atoms with van der Waals surface area (Å²) in [5, 5.41) is 0. The maximum absolute atomic E-state index is 5.80. The van der Waals surface area contributed by atoms with E-state index in [-0.39, 0.29) is 6.04 Å². The van der Waals surface area contributed by atoms with Crippen molar-refractivity contribution in [3.05, 3.63) is 21.9 Å². The van der Waals surface area contributed by atoms with E-state index in [1.54, 1.807) is 0 Å². The fraction of sp³-hybridized carbons (Fsp3) is 0.667. The molecule has 0 radical (unpaired) electrons.